The van der Waals surface area contributed by atoms with Crippen LogP contribution in [0.5, 0.6) is 0 Å². The number of hydrogen-bond acceptors (Lipinski definition) is 2. The SMILES string of the molecule is CC1CC1CN(C)CCCC1CCCNC1. The average Bonchev–Trinajstić information content (AvgIpc) is 2.95. The van der Waals surface area contributed by atoms with Gasteiger partial charge in [0.05, 0.1) is 0 Å². The van der Waals surface area contributed by atoms with Gasteiger partial charge in [-0.3, -0.25) is 0 Å². The lowest BCUT2D eigenvalue weighted by Gasteiger charge is -2.24. The van der Waals surface area contributed by atoms with Gasteiger partial charge in [0, 0.05) is 6.54 Å². The maximum atomic E-state index is 3.51. The molecule has 3 unspecified atom stereocenters. The smallest absolute Gasteiger partial charge is 0.000926 e. The number of nitrogens with zero attached hydrogens (tertiary/aromatic N) is 1. The molecule has 16 heavy (non-hydrogen) atoms. The third-order valence-corrected chi connectivity index (χ3v) is 4.37. The van der Waals surface area contributed by atoms with E-state index in [-0.39, 0.29) is 0 Å². The second-order valence-electron chi connectivity index (χ2n) is 6.09. The molecule has 2 fully saturated rings. The molecule has 1 aliphatic heterocycles. The molecule has 0 bridgehead atoms. The van der Waals surface area contributed by atoms with E-state index in [1.165, 1.54) is 58.3 Å². The molecule has 2 rings (SSSR count). The summed E-state index contributed by atoms with van der Waals surface area (Å²) in [5.41, 5.74) is 0. The Morgan fingerprint density at radius 3 is 2.81 bits per heavy atom. The third kappa shape index (κ3) is 4.06. The van der Waals surface area contributed by atoms with Crippen molar-refractivity contribution in [3.8, 4) is 0 Å². The van der Waals surface area contributed by atoms with Gasteiger partial charge in [0.2, 0.25) is 0 Å². The van der Waals surface area contributed by atoms with Gasteiger partial charge < -0.3 is 10.2 Å². The summed E-state index contributed by atoms with van der Waals surface area (Å²) in [5, 5.41) is 3.51. The Balaban J connectivity index is 1.49. The van der Waals surface area contributed by atoms with Crippen molar-refractivity contribution in [2.75, 3.05) is 33.2 Å². The van der Waals surface area contributed by atoms with Crippen LogP contribution in [0.2, 0.25) is 0 Å². The fraction of sp³-hybridized carbons (Fsp3) is 1.00. The number of rotatable bonds is 6. The molecule has 1 saturated heterocycles. The predicted octanol–water partition coefficient (Wildman–Crippen LogP) is 2.35. The van der Waals surface area contributed by atoms with Crippen molar-refractivity contribution in [3.63, 3.8) is 0 Å². The molecular weight excluding hydrogens is 196 g/mol. The Labute approximate surface area is 101 Å². The lowest BCUT2D eigenvalue weighted by Crippen LogP contribution is -2.30. The second kappa shape index (κ2) is 6.02. The van der Waals surface area contributed by atoms with Crippen molar-refractivity contribution in [2.24, 2.45) is 17.8 Å². The average molecular weight is 224 g/mol. The zero-order valence-corrected chi connectivity index (χ0v) is 11.0. The van der Waals surface area contributed by atoms with E-state index in [1.54, 1.807) is 0 Å². The van der Waals surface area contributed by atoms with E-state index in [0.717, 1.165) is 17.8 Å². The lowest BCUT2D eigenvalue weighted by molar-refractivity contribution is 0.282. The minimum absolute atomic E-state index is 0.960. The highest BCUT2D eigenvalue weighted by Gasteiger charge is 2.32. The summed E-state index contributed by atoms with van der Waals surface area (Å²) in [6.45, 7) is 7.54. The first-order valence-corrected chi connectivity index (χ1v) is 7.15. The summed E-state index contributed by atoms with van der Waals surface area (Å²) in [6.07, 6.45) is 7.13. The predicted molar refractivity (Wildman–Crippen MR) is 69.6 cm³/mol. The fourth-order valence-corrected chi connectivity index (χ4v) is 2.97. The van der Waals surface area contributed by atoms with Crippen LogP contribution in [-0.2, 0) is 0 Å². The Morgan fingerprint density at radius 2 is 2.19 bits per heavy atom. The van der Waals surface area contributed by atoms with Gasteiger partial charge in [0.25, 0.3) is 0 Å². The van der Waals surface area contributed by atoms with Crippen LogP contribution >= 0.6 is 0 Å². The molecule has 0 radical (unpaired) electrons. The number of nitrogens with one attached hydrogen (secondary N) is 1. The van der Waals surface area contributed by atoms with Crippen molar-refractivity contribution >= 4 is 0 Å². The molecule has 0 aromatic rings. The maximum absolute atomic E-state index is 3.51. The molecule has 94 valence electrons. The van der Waals surface area contributed by atoms with Crippen LogP contribution in [0.25, 0.3) is 0 Å². The highest BCUT2D eigenvalue weighted by atomic mass is 15.1. The highest BCUT2D eigenvalue weighted by molar-refractivity contribution is 4.84. The molecule has 0 aromatic carbocycles. The van der Waals surface area contributed by atoms with Crippen LogP contribution in [0, 0.1) is 17.8 Å². The summed E-state index contributed by atoms with van der Waals surface area (Å²) in [5.74, 6) is 2.98. The zero-order chi connectivity index (χ0) is 11.4. The van der Waals surface area contributed by atoms with Crippen molar-refractivity contribution < 1.29 is 0 Å². The van der Waals surface area contributed by atoms with Gasteiger partial charge in [0.1, 0.15) is 0 Å². The van der Waals surface area contributed by atoms with Gasteiger partial charge in [-0.2, -0.15) is 0 Å². The van der Waals surface area contributed by atoms with Crippen LogP contribution in [0.15, 0.2) is 0 Å². The minimum atomic E-state index is 0.960. The quantitative estimate of drug-likeness (QED) is 0.745. The van der Waals surface area contributed by atoms with E-state index in [4.69, 9.17) is 0 Å². The Bertz CT molecular complexity index is 199. The molecule has 3 atom stereocenters. The van der Waals surface area contributed by atoms with Crippen molar-refractivity contribution in [3.05, 3.63) is 0 Å². The molecule has 2 nitrogen and oxygen atoms in total. The molecule has 0 amide bonds. The van der Waals surface area contributed by atoms with Gasteiger partial charge >= 0.3 is 0 Å². The van der Waals surface area contributed by atoms with E-state index in [9.17, 15) is 0 Å². The molecule has 0 spiro atoms. The zero-order valence-electron chi connectivity index (χ0n) is 11.0. The van der Waals surface area contributed by atoms with E-state index >= 15 is 0 Å². The van der Waals surface area contributed by atoms with Crippen LogP contribution in [-0.4, -0.2) is 38.1 Å². The highest BCUT2D eigenvalue weighted by Crippen LogP contribution is 2.37. The summed E-state index contributed by atoms with van der Waals surface area (Å²) < 4.78 is 0. The maximum Gasteiger partial charge on any atom is 0.000926 e. The fourth-order valence-electron chi connectivity index (χ4n) is 2.97. The molecular formula is C14H28N2. The lowest BCUT2D eigenvalue weighted by atomic mass is 9.95. The second-order valence-corrected chi connectivity index (χ2v) is 6.09. The summed E-state index contributed by atoms with van der Waals surface area (Å²) >= 11 is 0. The molecule has 2 heteroatoms. The van der Waals surface area contributed by atoms with Crippen molar-refractivity contribution in [2.45, 2.75) is 39.0 Å². The van der Waals surface area contributed by atoms with Crippen LogP contribution in [0.4, 0.5) is 0 Å². The van der Waals surface area contributed by atoms with Crippen molar-refractivity contribution in [1.82, 2.24) is 10.2 Å². The van der Waals surface area contributed by atoms with Crippen LogP contribution in [0.1, 0.15) is 39.0 Å². The Hall–Kier alpha value is -0.0800. The monoisotopic (exact) mass is 224 g/mol. The molecule has 1 aliphatic carbocycles. The largest absolute Gasteiger partial charge is 0.316 e. The molecule has 1 saturated carbocycles. The standard InChI is InChI=1S/C14H28N2/c1-12-9-14(12)11-16(2)8-4-6-13-5-3-7-15-10-13/h12-15H,3-11H2,1-2H3. The number of hydrogen-bond donors (Lipinski definition) is 1. The number of piperidine rings is 1. The van der Waals surface area contributed by atoms with E-state index in [0.29, 0.717) is 0 Å². The van der Waals surface area contributed by atoms with Gasteiger partial charge in [-0.05, 0) is 76.5 Å². The van der Waals surface area contributed by atoms with Gasteiger partial charge in [-0.1, -0.05) is 6.92 Å². The summed E-state index contributed by atoms with van der Waals surface area (Å²) in [4.78, 5) is 2.55. The Kier molecular flexibility index (Phi) is 4.66. The van der Waals surface area contributed by atoms with Crippen LogP contribution < -0.4 is 5.32 Å². The van der Waals surface area contributed by atoms with Gasteiger partial charge in [0.15, 0.2) is 0 Å². The molecule has 2 aliphatic rings. The van der Waals surface area contributed by atoms with E-state index < -0.39 is 0 Å². The van der Waals surface area contributed by atoms with Crippen LogP contribution in [0.3, 0.4) is 0 Å². The normalized spacial score (nSPS) is 34.3. The first-order valence-electron chi connectivity index (χ1n) is 7.15. The van der Waals surface area contributed by atoms with Gasteiger partial charge in [-0.25, -0.2) is 0 Å². The topological polar surface area (TPSA) is 15.3 Å². The summed E-state index contributed by atoms with van der Waals surface area (Å²) in [7, 11) is 2.30. The molecule has 0 aromatic heterocycles. The first kappa shape index (κ1) is 12.4. The Morgan fingerprint density at radius 1 is 1.38 bits per heavy atom. The van der Waals surface area contributed by atoms with E-state index in [2.05, 4.69) is 24.2 Å². The summed E-state index contributed by atoms with van der Waals surface area (Å²) in [6, 6.07) is 0. The van der Waals surface area contributed by atoms with E-state index in [1.807, 2.05) is 0 Å². The third-order valence-electron chi connectivity index (χ3n) is 4.37. The van der Waals surface area contributed by atoms with Gasteiger partial charge in [-0.15, -0.1) is 0 Å². The molecule has 1 heterocycles. The first-order chi connectivity index (χ1) is 7.75. The van der Waals surface area contributed by atoms with Crippen molar-refractivity contribution in [1.29, 1.82) is 0 Å². The molecule has 1 N–H and O–H groups in total. The minimum Gasteiger partial charge on any atom is -0.316 e.